The Morgan fingerprint density at radius 2 is 2.50 bits per heavy atom. The summed E-state index contributed by atoms with van der Waals surface area (Å²) >= 11 is 0. The Kier molecular flexibility index (Phi) is 1.15. The Hall–Kier alpha value is 0.0249. The van der Waals surface area contributed by atoms with Crippen molar-refractivity contribution < 1.29 is 4.74 Å². The van der Waals surface area contributed by atoms with Crippen molar-refractivity contribution in [3.8, 4) is 0 Å². The molecule has 1 heterocycles. The monoisotopic (exact) mass is 82.1 g/mol. The number of hydrogen-bond acceptors (Lipinski definition) is 1. The van der Waals surface area contributed by atoms with E-state index >= 15 is 0 Å². The zero-order valence-electron chi connectivity index (χ0n) is 3.68. The lowest BCUT2D eigenvalue weighted by Gasteiger charge is -1.89. The fraction of sp³-hybridized carbons (Fsp3) is 1.00. The molecule has 1 rings (SSSR count). The van der Waals surface area contributed by atoms with Gasteiger partial charge in [0, 0.05) is 13.2 Å². The molecular formula is C4H7BO. The van der Waals surface area contributed by atoms with Crippen molar-refractivity contribution >= 4 is 7.85 Å². The molecule has 2 radical (unpaired) electrons. The lowest BCUT2D eigenvalue weighted by atomic mass is 9.87. The van der Waals surface area contributed by atoms with E-state index < -0.39 is 0 Å². The predicted octanol–water partition coefficient (Wildman–Crippen LogP) is 0.364. The zero-order valence-corrected chi connectivity index (χ0v) is 3.68. The highest BCUT2D eigenvalue weighted by atomic mass is 16.5. The van der Waals surface area contributed by atoms with Crippen LogP contribution in [-0.2, 0) is 4.74 Å². The van der Waals surface area contributed by atoms with Crippen molar-refractivity contribution in [2.45, 2.75) is 12.2 Å². The van der Waals surface area contributed by atoms with Crippen molar-refractivity contribution in [1.82, 2.24) is 0 Å². The molecule has 0 N–H and O–H groups in total. The van der Waals surface area contributed by atoms with Gasteiger partial charge >= 0.3 is 0 Å². The maximum absolute atomic E-state index is 5.41. The van der Waals surface area contributed by atoms with Gasteiger partial charge in [-0.1, -0.05) is 5.82 Å². The summed E-state index contributed by atoms with van der Waals surface area (Å²) in [5.74, 6) is 0.324. The third kappa shape index (κ3) is 0.746. The minimum absolute atomic E-state index is 0.324. The molecule has 0 spiro atoms. The van der Waals surface area contributed by atoms with Gasteiger partial charge in [-0.3, -0.25) is 0 Å². The van der Waals surface area contributed by atoms with Gasteiger partial charge in [0.15, 0.2) is 0 Å². The molecule has 0 aromatic heterocycles. The topological polar surface area (TPSA) is 9.23 Å². The Bertz CT molecular complexity index is 40.8. The molecule has 1 saturated heterocycles. The molecule has 1 aliphatic heterocycles. The lowest BCUT2D eigenvalue weighted by Crippen LogP contribution is -1.86. The maximum Gasteiger partial charge on any atom is 0.0731 e. The van der Waals surface area contributed by atoms with E-state index in [1.54, 1.807) is 0 Å². The maximum atomic E-state index is 5.41. The Morgan fingerprint density at radius 1 is 1.67 bits per heavy atom. The number of rotatable bonds is 0. The van der Waals surface area contributed by atoms with E-state index in [1.807, 2.05) is 0 Å². The normalized spacial score (nSPS) is 34.3. The van der Waals surface area contributed by atoms with Crippen molar-refractivity contribution in [1.29, 1.82) is 0 Å². The minimum Gasteiger partial charge on any atom is -0.382 e. The highest BCUT2D eigenvalue weighted by molar-refractivity contribution is 6.11. The van der Waals surface area contributed by atoms with Crippen LogP contribution < -0.4 is 0 Å². The molecule has 1 nitrogen and oxygen atoms in total. The molecule has 1 aliphatic rings. The Balaban J connectivity index is 2.18. The summed E-state index contributed by atoms with van der Waals surface area (Å²) in [6.07, 6.45) is 1.04. The van der Waals surface area contributed by atoms with Crippen molar-refractivity contribution in [3.63, 3.8) is 0 Å². The van der Waals surface area contributed by atoms with E-state index in [-0.39, 0.29) is 0 Å². The van der Waals surface area contributed by atoms with Crippen LogP contribution in [0.5, 0.6) is 0 Å². The summed E-state index contributed by atoms with van der Waals surface area (Å²) in [5, 5.41) is 0. The van der Waals surface area contributed by atoms with Crippen molar-refractivity contribution in [2.75, 3.05) is 13.2 Å². The number of ether oxygens (including phenoxy) is 1. The van der Waals surface area contributed by atoms with Gasteiger partial charge < -0.3 is 4.74 Å². The average molecular weight is 81.9 g/mol. The quantitative estimate of drug-likeness (QED) is 0.383. The highest BCUT2D eigenvalue weighted by Gasteiger charge is 2.07. The van der Waals surface area contributed by atoms with Crippen LogP contribution in [0.3, 0.4) is 0 Å². The molecule has 0 aliphatic carbocycles. The summed E-state index contributed by atoms with van der Waals surface area (Å²) < 4.78 is 4.93. The standard InChI is InChI=1S/C4H7BO/c5-4-1-2-6-3-4/h4H,1-3H2. The summed E-state index contributed by atoms with van der Waals surface area (Å²) in [6, 6.07) is 0. The van der Waals surface area contributed by atoms with Crippen LogP contribution in [0.2, 0.25) is 5.82 Å². The molecule has 0 aromatic rings. The molecular weight excluding hydrogens is 74.9 g/mol. The summed E-state index contributed by atoms with van der Waals surface area (Å²) in [5.41, 5.74) is 0. The molecule has 0 saturated carbocycles. The smallest absolute Gasteiger partial charge is 0.0731 e. The molecule has 1 unspecified atom stereocenters. The highest BCUT2D eigenvalue weighted by Crippen LogP contribution is 2.12. The van der Waals surface area contributed by atoms with E-state index in [4.69, 9.17) is 12.6 Å². The molecule has 32 valence electrons. The largest absolute Gasteiger partial charge is 0.382 e. The molecule has 6 heavy (non-hydrogen) atoms. The van der Waals surface area contributed by atoms with Gasteiger partial charge in [0.05, 0.1) is 7.85 Å². The van der Waals surface area contributed by atoms with Crippen LogP contribution in [0, 0.1) is 0 Å². The Labute approximate surface area is 39.1 Å². The second kappa shape index (κ2) is 1.65. The molecule has 2 heteroatoms. The summed E-state index contributed by atoms with van der Waals surface area (Å²) in [4.78, 5) is 0. The van der Waals surface area contributed by atoms with E-state index in [0.717, 1.165) is 19.6 Å². The van der Waals surface area contributed by atoms with Gasteiger partial charge in [-0.05, 0) is 6.42 Å². The summed E-state index contributed by atoms with van der Waals surface area (Å²) in [7, 11) is 5.41. The number of hydrogen-bond donors (Lipinski definition) is 0. The first kappa shape index (κ1) is 4.19. The zero-order chi connectivity index (χ0) is 4.41. The first-order chi connectivity index (χ1) is 2.89. The first-order valence-electron chi connectivity index (χ1n) is 2.23. The van der Waals surface area contributed by atoms with E-state index in [2.05, 4.69) is 0 Å². The second-order valence-corrected chi connectivity index (χ2v) is 1.62. The fourth-order valence-electron chi connectivity index (χ4n) is 0.553. The van der Waals surface area contributed by atoms with Crippen LogP contribution in [0.4, 0.5) is 0 Å². The Morgan fingerprint density at radius 3 is 2.67 bits per heavy atom. The molecule has 0 bridgehead atoms. The summed E-state index contributed by atoms with van der Waals surface area (Å²) in [6.45, 7) is 1.63. The van der Waals surface area contributed by atoms with Crippen LogP contribution in [0.15, 0.2) is 0 Å². The van der Waals surface area contributed by atoms with Crippen LogP contribution >= 0.6 is 0 Å². The molecule has 1 fully saturated rings. The lowest BCUT2D eigenvalue weighted by molar-refractivity contribution is 0.198. The van der Waals surface area contributed by atoms with Gasteiger partial charge in [-0.2, -0.15) is 0 Å². The third-order valence-corrected chi connectivity index (χ3v) is 0.965. The van der Waals surface area contributed by atoms with Crippen LogP contribution in [-0.4, -0.2) is 21.1 Å². The van der Waals surface area contributed by atoms with E-state index in [1.165, 1.54) is 0 Å². The molecule has 0 amide bonds. The third-order valence-electron chi connectivity index (χ3n) is 0.965. The van der Waals surface area contributed by atoms with Gasteiger partial charge in [0.1, 0.15) is 0 Å². The van der Waals surface area contributed by atoms with Gasteiger partial charge in [0.2, 0.25) is 0 Å². The van der Waals surface area contributed by atoms with Crippen molar-refractivity contribution in [3.05, 3.63) is 0 Å². The van der Waals surface area contributed by atoms with Crippen LogP contribution in [0.1, 0.15) is 6.42 Å². The van der Waals surface area contributed by atoms with Crippen molar-refractivity contribution in [2.24, 2.45) is 0 Å². The first-order valence-corrected chi connectivity index (χ1v) is 2.23. The fourth-order valence-corrected chi connectivity index (χ4v) is 0.553. The predicted molar refractivity (Wildman–Crippen MR) is 24.9 cm³/mol. The van der Waals surface area contributed by atoms with Gasteiger partial charge in [-0.15, -0.1) is 0 Å². The second-order valence-electron chi connectivity index (χ2n) is 1.62. The molecule has 1 atom stereocenters. The van der Waals surface area contributed by atoms with Gasteiger partial charge in [0.25, 0.3) is 0 Å². The molecule has 0 aromatic carbocycles. The average Bonchev–Trinajstić information content (AvgIpc) is 1.86. The van der Waals surface area contributed by atoms with Crippen LogP contribution in [0.25, 0.3) is 0 Å². The van der Waals surface area contributed by atoms with E-state index in [0.29, 0.717) is 5.82 Å². The minimum atomic E-state index is 0.324. The van der Waals surface area contributed by atoms with Gasteiger partial charge in [-0.25, -0.2) is 0 Å². The van der Waals surface area contributed by atoms with E-state index in [9.17, 15) is 0 Å². The SMILES string of the molecule is [B]C1CCOC1.